The topological polar surface area (TPSA) is 50.1 Å². The van der Waals surface area contributed by atoms with E-state index in [9.17, 15) is 18.0 Å². The molecule has 0 spiro atoms. The van der Waals surface area contributed by atoms with Gasteiger partial charge >= 0.3 is 5.97 Å². The third-order valence-corrected chi connectivity index (χ3v) is 4.48. The normalized spacial score (nSPS) is 12.8. The average molecular weight is 371 g/mol. The molecule has 0 heterocycles. The summed E-state index contributed by atoms with van der Waals surface area (Å²) in [5.41, 5.74) is 1.42. The summed E-state index contributed by atoms with van der Waals surface area (Å²) in [6.07, 6.45) is 4.95. The number of allylic oxidation sites excluding steroid dienone is 2. The maximum absolute atomic E-state index is 14.8. The summed E-state index contributed by atoms with van der Waals surface area (Å²) in [6.45, 7) is 2.07. The number of hydrogen-bond donors (Lipinski definition) is 0. The molecule has 0 fully saturated rings. The lowest BCUT2D eigenvalue weighted by Gasteiger charge is -2.18. The van der Waals surface area contributed by atoms with Crippen LogP contribution in [0.1, 0.15) is 46.8 Å². The van der Waals surface area contributed by atoms with Crippen LogP contribution in [0.2, 0.25) is 0 Å². The molecule has 3 nitrogen and oxygen atoms in total. The number of fused-ring (bicyclic) bond motifs is 1. The Morgan fingerprint density at radius 2 is 1.93 bits per heavy atom. The van der Waals surface area contributed by atoms with Crippen LogP contribution in [0.25, 0.3) is 0 Å². The zero-order valence-corrected chi connectivity index (χ0v) is 14.6. The lowest BCUT2D eigenvalue weighted by Crippen LogP contribution is -2.15. The van der Waals surface area contributed by atoms with Crippen LogP contribution in [-0.4, -0.2) is 5.97 Å². The summed E-state index contributed by atoms with van der Waals surface area (Å²) in [4.78, 5) is 12.3. The third-order valence-electron chi connectivity index (χ3n) is 4.48. The highest BCUT2D eigenvalue weighted by Crippen LogP contribution is 2.28. The molecule has 1 aliphatic carbocycles. The van der Waals surface area contributed by atoms with Crippen molar-refractivity contribution in [2.45, 2.75) is 32.6 Å². The summed E-state index contributed by atoms with van der Waals surface area (Å²) < 4.78 is 47.0. The number of nitriles is 1. The van der Waals surface area contributed by atoms with Crippen LogP contribution in [0, 0.1) is 28.8 Å². The van der Waals surface area contributed by atoms with Crippen molar-refractivity contribution in [2.24, 2.45) is 0 Å². The maximum atomic E-state index is 14.8. The number of esters is 1. The van der Waals surface area contributed by atoms with E-state index in [1.165, 1.54) is 17.7 Å². The number of benzene rings is 2. The summed E-state index contributed by atoms with van der Waals surface area (Å²) in [6, 6.07) is 5.81. The molecule has 0 N–H and O–H groups in total. The first-order chi connectivity index (χ1) is 12.9. The molecule has 0 aromatic heterocycles. The second kappa shape index (κ2) is 7.67. The standard InChI is InChI=1S/C21H16F3NO2/c1-2-3-12-4-6-15-13(8-12)5-7-16(20(15)24)21(26)27-14-9-18(22)17(11-25)19(23)10-14/h4-5,7,9-10H,2-3,6,8H2,1H3. The molecule has 2 aromatic carbocycles. The van der Waals surface area contributed by atoms with Crippen LogP contribution in [0.4, 0.5) is 13.2 Å². The fourth-order valence-electron chi connectivity index (χ4n) is 3.16. The van der Waals surface area contributed by atoms with Crippen molar-refractivity contribution in [3.05, 3.63) is 75.6 Å². The van der Waals surface area contributed by atoms with Crippen molar-refractivity contribution in [3.63, 3.8) is 0 Å². The molecule has 0 saturated heterocycles. The number of carbonyl (C=O) groups excluding carboxylic acids is 1. The van der Waals surface area contributed by atoms with Gasteiger partial charge in [0.15, 0.2) is 0 Å². The van der Waals surface area contributed by atoms with Gasteiger partial charge < -0.3 is 4.74 Å². The Hall–Kier alpha value is -3.07. The van der Waals surface area contributed by atoms with Gasteiger partial charge in [0.25, 0.3) is 0 Å². The predicted octanol–water partition coefficient (Wildman–Crippen LogP) is 5.02. The molecule has 0 saturated carbocycles. The van der Waals surface area contributed by atoms with E-state index in [0.29, 0.717) is 18.4 Å². The zero-order chi connectivity index (χ0) is 19.6. The van der Waals surface area contributed by atoms with Crippen LogP contribution in [0.5, 0.6) is 5.75 Å². The van der Waals surface area contributed by atoms with E-state index in [4.69, 9.17) is 10.00 Å². The Morgan fingerprint density at radius 3 is 2.56 bits per heavy atom. The highest BCUT2D eigenvalue weighted by molar-refractivity contribution is 5.91. The highest BCUT2D eigenvalue weighted by atomic mass is 19.1. The molecule has 0 atom stereocenters. The number of halogens is 3. The average Bonchev–Trinajstić information content (AvgIpc) is 2.62. The van der Waals surface area contributed by atoms with E-state index in [1.807, 2.05) is 6.08 Å². The van der Waals surface area contributed by atoms with Gasteiger partial charge in [0.2, 0.25) is 0 Å². The fourth-order valence-corrected chi connectivity index (χ4v) is 3.16. The molecule has 2 aromatic rings. The van der Waals surface area contributed by atoms with Gasteiger partial charge in [0, 0.05) is 12.1 Å². The number of rotatable bonds is 4. The summed E-state index contributed by atoms with van der Waals surface area (Å²) >= 11 is 0. The third kappa shape index (κ3) is 3.72. The van der Waals surface area contributed by atoms with Crippen LogP contribution < -0.4 is 4.74 Å². The van der Waals surface area contributed by atoms with E-state index in [2.05, 4.69) is 6.92 Å². The van der Waals surface area contributed by atoms with Crippen molar-refractivity contribution in [2.75, 3.05) is 0 Å². The lowest BCUT2D eigenvalue weighted by molar-refractivity contribution is 0.0729. The van der Waals surface area contributed by atoms with Crippen molar-refractivity contribution in [3.8, 4) is 11.8 Å². The molecule has 138 valence electrons. The predicted molar refractivity (Wildman–Crippen MR) is 92.8 cm³/mol. The molecule has 0 bridgehead atoms. The largest absolute Gasteiger partial charge is 0.423 e. The molecule has 0 aliphatic heterocycles. The fraction of sp³-hybridized carbons (Fsp3) is 0.238. The van der Waals surface area contributed by atoms with Crippen LogP contribution in [0.15, 0.2) is 35.9 Å². The Balaban J connectivity index is 1.85. The Labute approximate surface area is 154 Å². The van der Waals surface area contributed by atoms with Gasteiger partial charge in [-0.15, -0.1) is 0 Å². The van der Waals surface area contributed by atoms with Gasteiger partial charge in [0.1, 0.15) is 34.8 Å². The van der Waals surface area contributed by atoms with Crippen molar-refractivity contribution < 1.29 is 22.7 Å². The molecule has 27 heavy (non-hydrogen) atoms. The van der Waals surface area contributed by atoms with Gasteiger partial charge in [0.05, 0.1) is 5.56 Å². The minimum Gasteiger partial charge on any atom is -0.423 e. The summed E-state index contributed by atoms with van der Waals surface area (Å²) in [5, 5.41) is 8.66. The molecular weight excluding hydrogens is 355 g/mol. The van der Waals surface area contributed by atoms with Crippen LogP contribution in [0.3, 0.4) is 0 Å². The molecule has 3 rings (SSSR count). The number of ether oxygens (including phenoxy) is 1. The maximum Gasteiger partial charge on any atom is 0.346 e. The minimum atomic E-state index is -1.15. The number of nitrogens with zero attached hydrogens (tertiary/aromatic N) is 1. The van der Waals surface area contributed by atoms with Crippen LogP contribution in [-0.2, 0) is 12.8 Å². The van der Waals surface area contributed by atoms with E-state index < -0.39 is 34.7 Å². The Kier molecular flexibility index (Phi) is 5.31. The summed E-state index contributed by atoms with van der Waals surface area (Å²) in [7, 11) is 0. The second-order valence-electron chi connectivity index (χ2n) is 6.32. The molecular formula is C21H16F3NO2. The molecule has 6 heteroatoms. The van der Waals surface area contributed by atoms with Crippen molar-refractivity contribution >= 4 is 5.97 Å². The van der Waals surface area contributed by atoms with E-state index in [-0.39, 0.29) is 5.56 Å². The SMILES string of the molecule is CCCC1=CCc2c(ccc(C(=O)Oc3cc(F)c(C#N)c(F)c3)c2F)C1. The first-order valence-corrected chi connectivity index (χ1v) is 8.54. The molecule has 0 unspecified atom stereocenters. The van der Waals surface area contributed by atoms with Crippen molar-refractivity contribution in [1.29, 1.82) is 5.26 Å². The highest BCUT2D eigenvalue weighted by Gasteiger charge is 2.23. The zero-order valence-electron chi connectivity index (χ0n) is 14.6. The van der Waals surface area contributed by atoms with Gasteiger partial charge in [-0.05, 0) is 36.5 Å². The lowest BCUT2D eigenvalue weighted by atomic mass is 9.88. The number of hydrogen-bond acceptors (Lipinski definition) is 3. The van der Waals surface area contributed by atoms with Gasteiger partial charge in [-0.25, -0.2) is 18.0 Å². The quantitative estimate of drug-likeness (QED) is 0.431. The molecule has 0 radical (unpaired) electrons. The van der Waals surface area contributed by atoms with Gasteiger partial charge in [-0.2, -0.15) is 5.26 Å². The monoisotopic (exact) mass is 371 g/mol. The smallest absolute Gasteiger partial charge is 0.346 e. The molecule has 1 aliphatic rings. The summed E-state index contributed by atoms with van der Waals surface area (Å²) in [5.74, 6) is -4.48. The van der Waals surface area contributed by atoms with Gasteiger partial charge in [-0.1, -0.05) is 31.1 Å². The van der Waals surface area contributed by atoms with E-state index >= 15 is 0 Å². The van der Waals surface area contributed by atoms with Crippen molar-refractivity contribution in [1.82, 2.24) is 0 Å². The molecule has 0 amide bonds. The van der Waals surface area contributed by atoms with E-state index in [1.54, 1.807) is 6.07 Å². The number of carbonyl (C=O) groups is 1. The first kappa shape index (κ1) is 18.7. The second-order valence-corrected chi connectivity index (χ2v) is 6.32. The van der Waals surface area contributed by atoms with E-state index in [0.717, 1.165) is 30.5 Å². The minimum absolute atomic E-state index is 0.300. The Morgan fingerprint density at radius 1 is 1.22 bits per heavy atom. The van der Waals surface area contributed by atoms with Crippen LogP contribution >= 0.6 is 0 Å². The first-order valence-electron chi connectivity index (χ1n) is 8.54. The Bertz CT molecular complexity index is 967. The van der Waals surface area contributed by atoms with Gasteiger partial charge in [-0.3, -0.25) is 0 Å².